The first-order valence-corrected chi connectivity index (χ1v) is 7.20. The molecule has 1 N–H and O–H groups in total. The van der Waals surface area contributed by atoms with Gasteiger partial charge in [0.15, 0.2) is 0 Å². The van der Waals surface area contributed by atoms with Crippen molar-refractivity contribution in [1.29, 1.82) is 0 Å². The summed E-state index contributed by atoms with van der Waals surface area (Å²) in [7, 11) is 1.59. The number of hydrogen-bond donors (Lipinski definition) is 2. The lowest BCUT2D eigenvalue weighted by Crippen LogP contribution is -2.13. The Bertz CT molecular complexity index is 658. The molecule has 0 aliphatic rings. The minimum Gasteiger partial charge on any atom is -0.497 e. The van der Waals surface area contributed by atoms with E-state index in [0.717, 1.165) is 14.9 Å². The quantitative estimate of drug-likeness (QED) is 0.808. The topological polar surface area (TPSA) is 38.3 Å². The van der Waals surface area contributed by atoms with Crippen LogP contribution in [0.2, 0.25) is 0 Å². The molecule has 0 atom stereocenters. The molecule has 0 fully saturated rings. The van der Waals surface area contributed by atoms with Crippen molar-refractivity contribution in [2.45, 2.75) is 11.8 Å². The van der Waals surface area contributed by atoms with E-state index in [2.05, 4.69) is 33.9 Å². The minimum absolute atomic E-state index is 0.174. The van der Waals surface area contributed by atoms with Gasteiger partial charge in [0, 0.05) is 21.0 Å². The van der Waals surface area contributed by atoms with Crippen LogP contribution in [0.3, 0.4) is 0 Å². The van der Waals surface area contributed by atoms with Crippen LogP contribution in [0.4, 0.5) is 5.69 Å². The average Bonchev–Trinajstić information content (AvgIpc) is 2.43. The van der Waals surface area contributed by atoms with E-state index >= 15 is 0 Å². The monoisotopic (exact) mass is 351 g/mol. The maximum absolute atomic E-state index is 12.3. The van der Waals surface area contributed by atoms with Crippen molar-refractivity contribution in [3.63, 3.8) is 0 Å². The van der Waals surface area contributed by atoms with E-state index in [1.54, 1.807) is 19.2 Å². The number of methoxy groups -OCH3 is 1. The van der Waals surface area contributed by atoms with Crippen molar-refractivity contribution in [1.82, 2.24) is 0 Å². The van der Waals surface area contributed by atoms with Crippen molar-refractivity contribution in [3.05, 3.63) is 52.0 Å². The molecule has 20 heavy (non-hydrogen) atoms. The van der Waals surface area contributed by atoms with E-state index in [1.807, 2.05) is 31.2 Å². The average molecular weight is 352 g/mol. The number of aryl methyl sites for hydroxylation is 1. The van der Waals surface area contributed by atoms with Gasteiger partial charge in [-0.2, -0.15) is 0 Å². The van der Waals surface area contributed by atoms with Crippen molar-refractivity contribution in [2.24, 2.45) is 0 Å². The van der Waals surface area contributed by atoms with Crippen LogP contribution in [0.5, 0.6) is 5.75 Å². The molecule has 1 amide bonds. The Balaban J connectivity index is 2.30. The Hall–Kier alpha value is -1.46. The lowest BCUT2D eigenvalue weighted by Gasteiger charge is -2.11. The van der Waals surface area contributed by atoms with Crippen LogP contribution >= 0.6 is 28.6 Å². The normalized spacial score (nSPS) is 10.2. The van der Waals surface area contributed by atoms with Gasteiger partial charge in [-0.1, -0.05) is 6.07 Å². The second kappa shape index (κ2) is 6.33. The number of nitrogens with one attached hydrogen (secondary N) is 1. The summed E-state index contributed by atoms with van der Waals surface area (Å²) in [5.74, 6) is 0.510. The standard InChI is InChI=1S/C15H14BrNO2S/c1-9-3-5-11(20)8-12(9)15(18)17-14-7-10(19-2)4-6-13(14)16/h3-8,20H,1-2H3,(H,17,18). The van der Waals surface area contributed by atoms with Crippen LogP contribution in [0, 0.1) is 6.92 Å². The number of amides is 1. The van der Waals surface area contributed by atoms with Gasteiger partial charge in [-0.3, -0.25) is 4.79 Å². The molecule has 0 spiro atoms. The van der Waals surface area contributed by atoms with Crippen LogP contribution in [-0.4, -0.2) is 13.0 Å². The summed E-state index contributed by atoms with van der Waals surface area (Å²) in [5.41, 5.74) is 2.17. The SMILES string of the molecule is COc1ccc(Br)c(NC(=O)c2cc(S)ccc2C)c1. The molecule has 104 valence electrons. The molecule has 2 rings (SSSR count). The summed E-state index contributed by atoms with van der Waals surface area (Å²) in [5, 5.41) is 2.87. The van der Waals surface area contributed by atoms with Crippen LogP contribution in [0.1, 0.15) is 15.9 Å². The van der Waals surface area contributed by atoms with E-state index in [0.29, 0.717) is 17.0 Å². The van der Waals surface area contributed by atoms with Crippen molar-refractivity contribution in [3.8, 4) is 5.75 Å². The summed E-state index contributed by atoms with van der Waals surface area (Å²) in [6, 6.07) is 10.9. The van der Waals surface area contributed by atoms with Gasteiger partial charge in [-0.05, 0) is 52.7 Å². The number of thiol groups is 1. The molecule has 0 saturated heterocycles. The Morgan fingerprint density at radius 2 is 2.00 bits per heavy atom. The molecule has 2 aromatic carbocycles. The van der Waals surface area contributed by atoms with Crippen LogP contribution in [-0.2, 0) is 0 Å². The van der Waals surface area contributed by atoms with Gasteiger partial charge in [-0.15, -0.1) is 12.6 Å². The minimum atomic E-state index is -0.174. The highest BCUT2D eigenvalue weighted by Gasteiger charge is 2.12. The summed E-state index contributed by atoms with van der Waals surface area (Å²) >= 11 is 7.67. The molecule has 0 aliphatic heterocycles. The first-order valence-electron chi connectivity index (χ1n) is 5.96. The molecule has 0 saturated carbocycles. The molecule has 0 aromatic heterocycles. The fraction of sp³-hybridized carbons (Fsp3) is 0.133. The molecule has 0 radical (unpaired) electrons. The van der Waals surface area contributed by atoms with Crippen LogP contribution in [0.25, 0.3) is 0 Å². The zero-order valence-electron chi connectivity index (χ0n) is 11.1. The molecule has 3 nitrogen and oxygen atoms in total. The molecular weight excluding hydrogens is 338 g/mol. The van der Waals surface area contributed by atoms with E-state index in [9.17, 15) is 4.79 Å². The van der Waals surface area contributed by atoms with Gasteiger partial charge in [0.25, 0.3) is 5.91 Å². The fourth-order valence-electron chi connectivity index (χ4n) is 1.77. The predicted molar refractivity (Wildman–Crippen MR) is 87.1 cm³/mol. The van der Waals surface area contributed by atoms with Gasteiger partial charge >= 0.3 is 0 Å². The van der Waals surface area contributed by atoms with E-state index in [4.69, 9.17) is 4.74 Å². The number of ether oxygens (including phenoxy) is 1. The van der Waals surface area contributed by atoms with Crippen molar-refractivity contribution >= 4 is 40.2 Å². The number of rotatable bonds is 3. The summed E-state index contributed by atoms with van der Waals surface area (Å²) in [6.45, 7) is 1.89. The third-order valence-corrected chi connectivity index (χ3v) is 3.86. The molecular formula is C15H14BrNO2S. The smallest absolute Gasteiger partial charge is 0.256 e. The summed E-state index contributed by atoms with van der Waals surface area (Å²) in [4.78, 5) is 13.1. The van der Waals surface area contributed by atoms with Gasteiger partial charge in [-0.25, -0.2) is 0 Å². The van der Waals surface area contributed by atoms with Crippen molar-refractivity contribution in [2.75, 3.05) is 12.4 Å². The summed E-state index contributed by atoms with van der Waals surface area (Å²) < 4.78 is 5.95. The molecule has 5 heteroatoms. The highest BCUT2D eigenvalue weighted by molar-refractivity contribution is 9.10. The third kappa shape index (κ3) is 3.35. The number of hydrogen-bond acceptors (Lipinski definition) is 3. The van der Waals surface area contributed by atoms with Gasteiger partial charge in [0.05, 0.1) is 12.8 Å². The summed E-state index contributed by atoms with van der Waals surface area (Å²) in [6.07, 6.45) is 0. The van der Waals surface area contributed by atoms with E-state index in [1.165, 1.54) is 0 Å². The number of benzene rings is 2. The van der Waals surface area contributed by atoms with Gasteiger partial charge in [0.2, 0.25) is 0 Å². The highest BCUT2D eigenvalue weighted by Crippen LogP contribution is 2.28. The first-order chi connectivity index (χ1) is 9.51. The predicted octanol–water partition coefficient (Wildman–Crippen LogP) is 4.31. The van der Waals surface area contributed by atoms with Gasteiger partial charge < -0.3 is 10.1 Å². The second-order valence-corrected chi connectivity index (χ2v) is 5.67. The Kier molecular flexibility index (Phi) is 4.73. The molecule has 2 aromatic rings. The Morgan fingerprint density at radius 1 is 1.25 bits per heavy atom. The maximum atomic E-state index is 12.3. The second-order valence-electron chi connectivity index (χ2n) is 4.30. The number of carbonyl (C=O) groups is 1. The van der Waals surface area contributed by atoms with Crippen molar-refractivity contribution < 1.29 is 9.53 Å². The maximum Gasteiger partial charge on any atom is 0.256 e. The van der Waals surface area contributed by atoms with E-state index < -0.39 is 0 Å². The third-order valence-electron chi connectivity index (χ3n) is 2.89. The zero-order valence-corrected chi connectivity index (χ0v) is 13.6. The lowest BCUT2D eigenvalue weighted by atomic mass is 10.1. The lowest BCUT2D eigenvalue weighted by molar-refractivity contribution is 0.102. The zero-order chi connectivity index (χ0) is 14.7. The molecule has 0 aliphatic carbocycles. The Labute approximate surface area is 131 Å². The van der Waals surface area contributed by atoms with Crippen LogP contribution in [0.15, 0.2) is 45.8 Å². The molecule has 0 heterocycles. The number of carbonyl (C=O) groups excluding carboxylic acids is 1. The highest BCUT2D eigenvalue weighted by atomic mass is 79.9. The molecule has 0 bridgehead atoms. The molecule has 0 unspecified atom stereocenters. The van der Waals surface area contributed by atoms with Crippen LogP contribution < -0.4 is 10.1 Å². The number of halogens is 1. The first kappa shape index (κ1) is 14.9. The largest absolute Gasteiger partial charge is 0.497 e. The van der Waals surface area contributed by atoms with E-state index in [-0.39, 0.29) is 5.91 Å². The Morgan fingerprint density at radius 3 is 2.70 bits per heavy atom. The number of anilines is 1. The fourth-order valence-corrected chi connectivity index (χ4v) is 2.32. The van der Waals surface area contributed by atoms with Gasteiger partial charge in [0.1, 0.15) is 5.75 Å².